The van der Waals surface area contributed by atoms with Crippen molar-refractivity contribution < 1.29 is 32.3 Å². The smallest absolute Gasteiger partial charge is 0.324 e. The number of imide groups is 1. The third kappa shape index (κ3) is 7.72. The van der Waals surface area contributed by atoms with Crippen LogP contribution in [0.1, 0.15) is 12.5 Å². The fourth-order valence-electron chi connectivity index (χ4n) is 2.35. The van der Waals surface area contributed by atoms with E-state index < -0.39 is 40.6 Å². The van der Waals surface area contributed by atoms with E-state index in [2.05, 4.69) is 10.0 Å². The van der Waals surface area contributed by atoms with Crippen molar-refractivity contribution >= 4 is 27.9 Å². The number of hydrogen-bond acceptors (Lipinski definition) is 7. The molecule has 166 valence electrons. The Morgan fingerprint density at radius 3 is 2.26 bits per heavy atom. The first-order chi connectivity index (χ1) is 14.7. The molecule has 0 aliphatic rings. The van der Waals surface area contributed by atoms with Crippen LogP contribution in [0.25, 0.3) is 0 Å². The second-order valence-corrected chi connectivity index (χ2v) is 8.06. The summed E-state index contributed by atoms with van der Waals surface area (Å²) in [5.74, 6) is -1.36. The van der Waals surface area contributed by atoms with Crippen molar-refractivity contribution in [1.29, 1.82) is 0 Å². The molecule has 0 fully saturated rings. The molecule has 2 aromatic rings. The number of methoxy groups -OCH3 is 1. The van der Waals surface area contributed by atoms with Crippen molar-refractivity contribution in [2.75, 3.05) is 13.7 Å². The summed E-state index contributed by atoms with van der Waals surface area (Å²) in [6.07, 6.45) is 0. The summed E-state index contributed by atoms with van der Waals surface area (Å²) >= 11 is 0. The summed E-state index contributed by atoms with van der Waals surface area (Å²) in [4.78, 5) is 35.4. The number of carbonyl (C=O) groups excluding carboxylic acids is 3. The Kier molecular flexibility index (Phi) is 8.53. The van der Waals surface area contributed by atoms with Crippen molar-refractivity contribution in [2.45, 2.75) is 24.4 Å². The Hall–Kier alpha value is -3.44. The third-order valence-electron chi connectivity index (χ3n) is 3.95. The van der Waals surface area contributed by atoms with Crippen LogP contribution in [0.2, 0.25) is 0 Å². The summed E-state index contributed by atoms with van der Waals surface area (Å²) in [5.41, 5.74) is 0.842. The summed E-state index contributed by atoms with van der Waals surface area (Å²) in [6, 6.07) is 12.6. The summed E-state index contributed by atoms with van der Waals surface area (Å²) in [6.45, 7) is 0.740. The molecule has 0 aliphatic heterocycles. The molecular weight excluding hydrogens is 426 g/mol. The Labute approximate surface area is 180 Å². The van der Waals surface area contributed by atoms with Crippen molar-refractivity contribution in [3.05, 3.63) is 60.2 Å². The fourth-order valence-corrected chi connectivity index (χ4v) is 3.54. The molecule has 1 atom stereocenters. The maximum Gasteiger partial charge on any atom is 0.324 e. The Bertz CT molecular complexity index is 1010. The largest absolute Gasteiger partial charge is 0.497 e. The van der Waals surface area contributed by atoms with Crippen LogP contribution in [-0.4, -0.2) is 46.1 Å². The highest BCUT2D eigenvalue weighted by atomic mass is 32.2. The van der Waals surface area contributed by atoms with Gasteiger partial charge in [-0.1, -0.05) is 30.3 Å². The predicted molar refractivity (Wildman–Crippen MR) is 111 cm³/mol. The monoisotopic (exact) mass is 449 g/mol. The Balaban J connectivity index is 1.77. The van der Waals surface area contributed by atoms with Crippen LogP contribution in [0.15, 0.2) is 59.5 Å². The van der Waals surface area contributed by atoms with Gasteiger partial charge in [0.05, 0.1) is 12.0 Å². The van der Waals surface area contributed by atoms with Gasteiger partial charge in [-0.05, 0) is 36.8 Å². The maximum absolute atomic E-state index is 12.3. The van der Waals surface area contributed by atoms with E-state index in [1.54, 1.807) is 12.1 Å². The number of nitrogens with one attached hydrogen (secondary N) is 3. The van der Waals surface area contributed by atoms with Crippen molar-refractivity contribution in [3.8, 4) is 5.75 Å². The van der Waals surface area contributed by atoms with Crippen LogP contribution in [-0.2, 0) is 30.9 Å². The number of ether oxygens (including phenoxy) is 2. The molecule has 31 heavy (non-hydrogen) atoms. The predicted octanol–water partition coefficient (Wildman–Crippen LogP) is 0.931. The average Bonchev–Trinajstić information content (AvgIpc) is 2.76. The highest BCUT2D eigenvalue weighted by molar-refractivity contribution is 7.89. The van der Waals surface area contributed by atoms with Gasteiger partial charge in [0.1, 0.15) is 11.8 Å². The van der Waals surface area contributed by atoms with Gasteiger partial charge in [-0.25, -0.2) is 13.2 Å². The van der Waals surface area contributed by atoms with E-state index in [9.17, 15) is 22.8 Å². The van der Waals surface area contributed by atoms with Gasteiger partial charge in [-0.15, -0.1) is 0 Å². The number of sulfonamides is 1. The minimum Gasteiger partial charge on any atom is -0.497 e. The molecule has 10 nitrogen and oxygen atoms in total. The Morgan fingerprint density at radius 2 is 1.65 bits per heavy atom. The van der Waals surface area contributed by atoms with Gasteiger partial charge >= 0.3 is 12.0 Å². The highest BCUT2D eigenvalue weighted by Gasteiger charge is 2.24. The SMILES string of the molecule is COc1ccc(S(=O)(=O)N[C@@H](C)C(=O)OCC(=O)NC(=O)NCc2ccccc2)cc1. The normalized spacial score (nSPS) is 11.8. The minimum absolute atomic E-state index is 0.0687. The van der Waals surface area contributed by atoms with E-state index in [-0.39, 0.29) is 11.4 Å². The molecule has 0 unspecified atom stereocenters. The van der Waals surface area contributed by atoms with Gasteiger partial charge in [0.2, 0.25) is 10.0 Å². The molecule has 0 spiro atoms. The van der Waals surface area contributed by atoms with E-state index in [1.165, 1.54) is 38.3 Å². The number of urea groups is 1. The zero-order valence-electron chi connectivity index (χ0n) is 17.0. The molecule has 0 aromatic heterocycles. The van der Waals surface area contributed by atoms with E-state index in [0.717, 1.165) is 5.56 Å². The molecule has 0 saturated heterocycles. The summed E-state index contributed by atoms with van der Waals surface area (Å²) in [5, 5.41) is 4.50. The second kappa shape index (κ2) is 11.1. The molecule has 0 saturated carbocycles. The van der Waals surface area contributed by atoms with Crippen LogP contribution in [0.4, 0.5) is 4.79 Å². The van der Waals surface area contributed by atoms with E-state index in [0.29, 0.717) is 5.75 Å². The molecule has 0 bridgehead atoms. The van der Waals surface area contributed by atoms with Crippen molar-refractivity contribution in [1.82, 2.24) is 15.4 Å². The number of carbonyl (C=O) groups is 3. The molecule has 2 rings (SSSR count). The number of hydrogen-bond donors (Lipinski definition) is 3. The molecule has 0 aliphatic carbocycles. The van der Waals surface area contributed by atoms with E-state index >= 15 is 0 Å². The molecule has 0 heterocycles. The standard InChI is InChI=1S/C20H23N3O7S/c1-14(23-31(27,28)17-10-8-16(29-2)9-11-17)19(25)30-13-18(24)22-20(26)21-12-15-6-4-3-5-7-15/h3-11,14,23H,12-13H2,1-2H3,(H2,21,22,24,26)/t14-/m0/s1. The number of amides is 3. The molecule has 3 N–H and O–H groups in total. The van der Waals surface area contributed by atoms with Gasteiger partial charge in [-0.3, -0.25) is 14.9 Å². The van der Waals surface area contributed by atoms with Gasteiger partial charge in [0.25, 0.3) is 5.91 Å². The number of rotatable bonds is 9. The molecule has 11 heteroatoms. The molecular formula is C20H23N3O7S. The number of esters is 1. The van der Waals surface area contributed by atoms with Crippen LogP contribution in [0.5, 0.6) is 5.75 Å². The first-order valence-electron chi connectivity index (χ1n) is 9.16. The van der Waals surface area contributed by atoms with Gasteiger partial charge in [-0.2, -0.15) is 4.72 Å². The van der Waals surface area contributed by atoms with Gasteiger partial charge in [0, 0.05) is 6.54 Å². The quantitative estimate of drug-likeness (QED) is 0.484. The van der Waals surface area contributed by atoms with Gasteiger partial charge < -0.3 is 14.8 Å². The van der Waals surface area contributed by atoms with Crippen LogP contribution in [0.3, 0.4) is 0 Å². The number of benzene rings is 2. The third-order valence-corrected chi connectivity index (χ3v) is 5.51. The Morgan fingerprint density at radius 1 is 1.00 bits per heavy atom. The maximum atomic E-state index is 12.3. The first kappa shape index (κ1) is 23.8. The molecule has 2 aromatic carbocycles. The molecule has 3 amide bonds. The lowest BCUT2D eigenvalue weighted by Crippen LogP contribution is -2.43. The topological polar surface area (TPSA) is 140 Å². The summed E-state index contributed by atoms with van der Waals surface area (Å²) < 4.78 is 36.5. The van der Waals surface area contributed by atoms with Crippen LogP contribution < -0.4 is 20.1 Å². The second-order valence-electron chi connectivity index (χ2n) is 6.34. The average molecular weight is 449 g/mol. The minimum atomic E-state index is -3.99. The zero-order chi connectivity index (χ0) is 22.9. The highest BCUT2D eigenvalue weighted by Crippen LogP contribution is 2.15. The first-order valence-corrected chi connectivity index (χ1v) is 10.6. The zero-order valence-corrected chi connectivity index (χ0v) is 17.8. The fraction of sp³-hybridized carbons (Fsp3) is 0.250. The lowest BCUT2D eigenvalue weighted by molar-refractivity contribution is -0.149. The van der Waals surface area contributed by atoms with Crippen molar-refractivity contribution in [2.24, 2.45) is 0 Å². The summed E-state index contributed by atoms with van der Waals surface area (Å²) in [7, 11) is -2.54. The van der Waals surface area contributed by atoms with Crippen molar-refractivity contribution in [3.63, 3.8) is 0 Å². The van der Waals surface area contributed by atoms with Crippen LogP contribution >= 0.6 is 0 Å². The van der Waals surface area contributed by atoms with E-state index in [1.807, 2.05) is 23.5 Å². The molecule has 0 radical (unpaired) electrons. The van der Waals surface area contributed by atoms with E-state index in [4.69, 9.17) is 9.47 Å². The lowest BCUT2D eigenvalue weighted by Gasteiger charge is -2.14. The lowest BCUT2D eigenvalue weighted by atomic mass is 10.2. The van der Waals surface area contributed by atoms with Gasteiger partial charge in [0.15, 0.2) is 6.61 Å². The van der Waals surface area contributed by atoms with Crippen LogP contribution in [0, 0.1) is 0 Å².